The Morgan fingerprint density at radius 3 is 2.54 bits per heavy atom. The maximum Gasteiger partial charge on any atom is 0.234 e. The lowest BCUT2D eigenvalue weighted by atomic mass is 9.93. The molecule has 6 heteroatoms. The summed E-state index contributed by atoms with van der Waals surface area (Å²) >= 11 is 0. The smallest absolute Gasteiger partial charge is 0.234 e. The minimum atomic E-state index is -0.123. The van der Waals surface area contributed by atoms with Gasteiger partial charge in [-0.2, -0.15) is 0 Å². The van der Waals surface area contributed by atoms with Crippen molar-refractivity contribution >= 4 is 17.5 Å². The number of hydrogen-bond acceptors (Lipinski definition) is 4. The average Bonchev–Trinajstić information content (AvgIpc) is 2.57. The normalized spacial score (nSPS) is 19.2. The van der Waals surface area contributed by atoms with Crippen LogP contribution in [-0.4, -0.2) is 48.1 Å². The van der Waals surface area contributed by atoms with Crippen LogP contribution in [0, 0.1) is 0 Å². The van der Waals surface area contributed by atoms with E-state index < -0.39 is 0 Å². The van der Waals surface area contributed by atoms with Gasteiger partial charge in [0.2, 0.25) is 11.8 Å². The number of nitrogens with one attached hydrogen (secondary N) is 2. The topological polar surface area (TPSA) is 70.7 Å². The number of nitrogens with zero attached hydrogens (tertiary/aromatic N) is 1. The van der Waals surface area contributed by atoms with E-state index in [0.717, 1.165) is 37.2 Å². The van der Waals surface area contributed by atoms with Crippen LogP contribution in [0.1, 0.15) is 46.1 Å². The van der Waals surface area contributed by atoms with Crippen LogP contribution in [0.15, 0.2) is 24.3 Å². The van der Waals surface area contributed by atoms with Gasteiger partial charge in [0.05, 0.1) is 12.1 Å². The lowest BCUT2D eigenvalue weighted by Gasteiger charge is -2.40. The quantitative estimate of drug-likeness (QED) is 0.783. The Hall–Kier alpha value is -1.92. The number of hydrogen-bond donors (Lipinski definition) is 2. The molecule has 2 amide bonds. The molecule has 1 fully saturated rings. The van der Waals surface area contributed by atoms with Crippen LogP contribution in [0.25, 0.3) is 0 Å². The van der Waals surface area contributed by atoms with Crippen LogP contribution < -0.4 is 10.6 Å². The van der Waals surface area contributed by atoms with E-state index in [2.05, 4.69) is 36.3 Å². The van der Waals surface area contributed by atoms with Crippen molar-refractivity contribution in [1.29, 1.82) is 0 Å². The molecule has 26 heavy (non-hydrogen) atoms. The molecule has 6 nitrogen and oxygen atoms in total. The van der Waals surface area contributed by atoms with Gasteiger partial charge in [0.25, 0.3) is 0 Å². The minimum Gasteiger partial charge on any atom is -0.375 e. The summed E-state index contributed by atoms with van der Waals surface area (Å²) in [5.74, 6) is -0.0657. The predicted octanol–water partition coefficient (Wildman–Crippen LogP) is 2.54. The second-order valence-electron chi connectivity index (χ2n) is 7.47. The molecule has 1 aromatic carbocycles. The molecule has 1 atom stereocenters. The molecular weight excluding hydrogens is 330 g/mol. The van der Waals surface area contributed by atoms with Crippen molar-refractivity contribution in [2.45, 2.75) is 58.7 Å². The van der Waals surface area contributed by atoms with Crippen molar-refractivity contribution in [1.82, 2.24) is 10.2 Å². The van der Waals surface area contributed by atoms with E-state index in [0.29, 0.717) is 19.1 Å². The Morgan fingerprint density at radius 2 is 1.96 bits per heavy atom. The molecule has 144 valence electrons. The van der Waals surface area contributed by atoms with Gasteiger partial charge in [-0.25, -0.2) is 0 Å². The molecule has 0 radical (unpaired) electrons. The molecule has 0 aromatic heterocycles. The number of benzene rings is 1. The Balaban J connectivity index is 1.82. The maximum atomic E-state index is 12.4. The molecule has 1 aromatic rings. The fourth-order valence-corrected chi connectivity index (χ4v) is 3.36. The third-order valence-corrected chi connectivity index (χ3v) is 4.70. The number of rotatable bonds is 7. The number of anilines is 1. The van der Waals surface area contributed by atoms with E-state index >= 15 is 0 Å². The summed E-state index contributed by atoms with van der Waals surface area (Å²) in [4.78, 5) is 25.6. The van der Waals surface area contributed by atoms with Gasteiger partial charge in [-0.05, 0) is 50.9 Å². The molecule has 2 N–H and O–H groups in total. The van der Waals surface area contributed by atoms with E-state index in [-0.39, 0.29) is 17.4 Å². The van der Waals surface area contributed by atoms with Crippen molar-refractivity contribution in [2.24, 2.45) is 0 Å². The van der Waals surface area contributed by atoms with Crippen LogP contribution >= 0.6 is 0 Å². The van der Waals surface area contributed by atoms with E-state index in [1.807, 2.05) is 24.3 Å². The SMILES string of the molecule is CCN(CC(=O)NCc1ccc(NC(C)=O)cc1)[C@@H]1CCOC(C)(C)C1. The Labute approximate surface area is 156 Å². The number of amides is 2. The van der Waals surface area contributed by atoms with Crippen LogP contribution in [0.3, 0.4) is 0 Å². The number of likely N-dealkylation sites (N-methyl/N-ethyl adjacent to an activating group) is 1. The summed E-state index contributed by atoms with van der Waals surface area (Å²) in [6, 6.07) is 7.87. The standard InChI is InChI=1S/C20H31N3O3/c1-5-23(18-10-11-26-20(3,4)12-18)14-19(25)21-13-16-6-8-17(9-7-16)22-15(2)24/h6-9,18H,5,10-14H2,1-4H3,(H,21,25)(H,22,24)/t18-/m1/s1. The van der Waals surface area contributed by atoms with Crippen LogP contribution in [0.2, 0.25) is 0 Å². The molecule has 0 unspecified atom stereocenters. The number of carbonyl (C=O) groups excluding carboxylic acids is 2. The fraction of sp³-hybridized carbons (Fsp3) is 0.600. The highest BCUT2D eigenvalue weighted by Crippen LogP contribution is 2.27. The van der Waals surface area contributed by atoms with E-state index in [1.54, 1.807) is 0 Å². The largest absolute Gasteiger partial charge is 0.375 e. The van der Waals surface area contributed by atoms with Gasteiger partial charge in [0.15, 0.2) is 0 Å². The van der Waals surface area contributed by atoms with Gasteiger partial charge in [-0.3, -0.25) is 14.5 Å². The molecule has 1 heterocycles. The van der Waals surface area contributed by atoms with Crippen molar-refractivity contribution in [3.05, 3.63) is 29.8 Å². The average molecular weight is 361 g/mol. The Bertz CT molecular complexity index is 613. The monoisotopic (exact) mass is 361 g/mol. The van der Waals surface area contributed by atoms with E-state index in [4.69, 9.17) is 4.74 Å². The van der Waals surface area contributed by atoms with Crippen LogP contribution in [0.4, 0.5) is 5.69 Å². The molecule has 0 aliphatic carbocycles. The first kappa shape index (κ1) is 20.4. The van der Waals surface area contributed by atoms with E-state index in [1.165, 1.54) is 6.92 Å². The molecule has 1 saturated heterocycles. The summed E-state index contributed by atoms with van der Waals surface area (Å²) in [6.45, 7) is 10.3. The van der Waals surface area contributed by atoms with Crippen molar-refractivity contribution in [2.75, 3.05) is 25.0 Å². The third kappa shape index (κ3) is 6.42. The highest BCUT2D eigenvalue weighted by Gasteiger charge is 2.32. The lowest BCUT2D eigenvalue weighted by molar-refractivity contribution is -0.125. The summed E-state index contributed by atoms with van der Waals surface area (Å²) in [5.41, 5.74) is 1.64. The molecule has 1 aliphatic heterocycles. The Morgan fingerprint density at radius 1 is 1.27 bits per heavy atom. The van der Waals surface area contributed by atoms with Crippen LogP contribution in [-0.2, 0) is 20.9 Å². The minimum absolute atomic E-state index is 0.0297. The first-order chi connectivity index (χ1) is 12.3. The van der Waals surface area contributed by atoms with E-state index in [9.17, 15) is 9.59 Å². The summed E-state index contributed by atoms with van der Waals surface area (Å²) < 4.78 is 5.78. The highest BCUT2D eigenvalue weighted by atomic mass is 16.5. The number of ether oxygens (including phenoxy) is 1. The second kappa shape index (κ2) is 9.14. The summed E-state index contributed by atoms with van der Waals surface area (Å²) in [5, 5.41) is 5.71. The molecule has 1 aliphatic rings. The fourth-order valence-electron chi connectivity index (χ4n) is 3.36. The maximum absolute atomic E-state index is 12.4. The first-order valence-electron chi connectivity index (χ1n) is 9.30. The van der Waals surface area contributed by atoms with Crippen molar-refractivity contribution in [3.63, 3.8) is 0 Å². The summed E-state index contributed by atoms with van der Waals surface area (Å²) in [6.07, 6.45) is 1.91. The molecular formula is C20H31N3O3. The van der Waals surface area contributed by atoms with Gasteiger partial charge >= 0.3 is 0 Å². The molecule has 2 rings (SSSR count). The highest BCUT2D eigenvalue weighted by molar-refractivity contribution is 5.88. The van der Waals surface area contributed by atoms with Gasteiger partial charge < -0.3 is 15.4 Å². The molecule has 0 saturated carbocycles. The van der Waals surface area contributed by atoms with Crippen molar-refractivity contribution < 1.29 is 14.3 Å². The van der Waals surface area contributed by atoms with Gasteiger partial charge in [0.1, 0.15) is 0 Å². The lowest BCUT2D eigenvalue weighted by Crippen LogP contribution is -2.49. The van der Waals surface area contributed by atoms with Crippen LogP contribution in [0.5, 0.6) is 0 Å². The Kier molecular flexibility index (Phi) is 7.17. The molecule has 0 bridgehead atoms. The summed E-state index contributed by atoms with van der Waals surface area (Å²) in [7, 11) is 0. The first-order valence-corrected chi connectivity index (χ1v) is 9.30. The zero-order chi connectivity index (χ0) is 19.2. The van der Waals surface area contributed by atoms with Gasteiger partial charge in [0, 0.05) is 31.8 Å². The zero-order valence-electron chi connectivity index (χ0n) is 16.3. The predicted molar refractivity (Wildman–Crippen MR) is 103 cm³/mol. The number of carbonyl (C=O) groups is 2. The third-order valence-electron chi connectivity index (χ3n) is 4.70. The van der Waals surface area contributed by atoms with Gasteiger partial charge in [-0.15, -0.1) is 0 Å². The van der Waals surface area contributed by atoms with Gasteiger partial charge in [-0.1, -0.05) is 19.1 Å². The molecule has 0 spiro atoms. The second-order valence-corrected chi connectivity index (χ2v) is 7.47. The zero-order valence-corrected chi connectivity index (χ0v) is 16.3. The van der Waals surface area contributed by atoms with Crippen molar-refractivity contribution in [3.8, 4) is 0 Å².